The molecule has 1 atom stereocenters. The normalized spacial score (nSPS) is 12.1. The van der Waals surface area contributed by atoms with Crippen molar-refractivity contribution in [2.45, 2.75) is 25.4 Å². The SMILES string of the molecule is CN(Cc1cc(Br)cs1)C(=O)C(N)CCc1ccccc1. The van der Waals surface area contributed by atoms with Crippen LogP contribution in [0, 0.1) is 0 Å². The third kappa shape index (κ3) is 4.95. The molecule has 1 aromatic carbocycles. The number of halogens is 1. The van der Waals surface area contributed by atoms with Crippen molar-refractivity contribution in [1.82, 2.24) is 4.90 Å². The Morgan fingerprint density at radius 3 is 2.71 bits per heavy atom. The van der Waals surface area contributed by atoms with Crippen LogP contribution < -0.4 is 5.73 Å². The molecule has 0 aliphatic rings. The number of nitrogens with zero attached hydrogens (tertiary/aromatic N) is 1. The Balaban J connectivity index is 1.83. The first-order valence-corrected chi connectivity index (χ1v) is 8.51. The minimum absolute atomic E-state index is 0.00421. The van der Waals surface area contributed by atoms with Crippen LogP contribution in [0.4, 0.5) is 0 Å². The van der Waals surface area contributed by atoms with E-state index in [-0.39, 0.29) is 5.91 Å². The molecule has 3 nitrogen and oxygen atoms in total. The molecule has 1 aromatic heterocycles. The molecular formula is C16H19BrN2OS. The van der Waals surface area contributed by atoms with E-state index in [4.69, 9.17) is 5.73 Å². The fraction of sp³-hybridized carbons (Fsp3) is 0.312. The number of amides is 1. The first kappa shape index (κ1) is 16.2. The van der Waals surface area contributed by atoms with Crippen LogP contribution in [0.3, 0.4) is 0 Å². The summed E-state index contributed by atoms with van der Waals surface area (Å²) < 4.78 is 1.05. The van der Waals surface area contributed by atoms with Gasteiger partial charge in [-0.1, -0.05) is 30.3 Å². The molecule has 0 aliphatic heterocycles. The number of hydrogen-bond donors (Lipinski definition) is 1. The van der Waals surface area contributed by atoms with Crippen LogP contribution in [0.5, 0.6) is 0 Å². The highest BCUT2D eigenvalue weighted by Crippen LogP contribution is 2.21. The van der Waals surface area contributed by atoms with Crippen LogP contribution in [-0.2, 0) is 17.8 Å². The monoisotopic (exact) mass is 366 g/mol. The zero-order chi connectivity index (χ0) is 15.2. The van der Waals surface area contributed by atoms with Crippen LogP contribution in [-0.4, -0.2) is 23.9 Å². The van der Waals surface area contributed by atoms with Gasteiger partial charge in [0.25, 0.3) is 0 Å². The number of likely N-dealkylation sites (N-methyl/N-ethyl adjacent to an activating group) is 1. The molecule has 0 bridgehead atoms. The fourth-order valence-corrected chi connectivity index (χ4v) is 3.63. The van der Waals surface area contributed by atoms with Crippen molar-refractivity contribution in [3.05, 3.63) is 56.7 Å². The minimum Gasteiger partial charge on any atom is -0.339 e. The van der Waals surface area contributed by atoms with E-state index in [1.54, 1.807) is 23.3 Å². The summed E-state index contributed by atoms with van der Waals surface area (Å²) in [5.74, 6) is -0.00421. The second kappa shape index (κ2) is 7.73. The van der Waals surface area contributed by atoms with Crippen molar-refractivity contribution in [2.24, 2.45) is 5.73 Å². The number of aryl methyl sites for hydroxylation is 1. The number of hydrogen-bond acceptors (Lipinski definition) is 3. The number of carbonyl (C=O) groups excluding carboxylic acids is 1. The first-order valence-electron chi connectivity index (χ1n) is 6.83. The predicted molar refractivity (Wildman–Crippen MR) is 91.2 cm³/mol. The molecule has 2 aromatic rings. The topological polar surface area (TPSA) is 46.3 Å². The lowest BCUT2D eigenvalue weighted by molar-refractivity contribution is -0.131. The van der Waals surface area contributed by atoms with Gasteiger partial charge in [-0.15, -0.1) is 11.3 Å². The zero-order valence-electron chi connectivity index (χ0n) is 12.0. The Morgan fingerprint density at radius 2 is 2.10 bits per heavy atom. The molecule has 2 rings (SSSR count). The second-order valence-corrected chi connectivity index (χ2v) is 6.97. The Morgan fingerprint density at radius 1 is 1.38 bits per heavy atom. The molecule has 0 fully saturated rings. The van der Waals surface area contributed by atoms with Crippen molar-refractivity contribution in [3.63, 3.8) is 0 Å². The fourth-order valence-electron chi connectivity index (χ4n) is 2.12. The van der Waals surface area contributed by atoms with Gasteiger partial charge in [0, 0.05) is 21.8 Å². The predicted octanol–water partition coefficient (Wildman–Crippen LogP) is 3.43. The summed E-state index contributed by atoms with van der Waals surface area (Å²) >= 11 is 5.06. The number of thiophene rings is 1. The van der Waals surface area contributed by atoms with Crippen LogP contribution in [0.25, 0.3) is 0 Å². The van der Waals surface area contributed by atoms with Crippen molar-refractivity contribution < 1.29 is 4.79 Å². The highest BCUT2D eigenvalue weighted by molar-refractivity contribution is 9.10. The average Bonchev–Trinajstić information content (AvgIpc) is 2.90. The van der Waals surface area contributed by atoms with E-state index >= 15 is 0 Å². The maximum absolute atomic E-state index is 12.3. The maximum atomic E-state index is 12.3. The molecule has 1 unspecified atom stereocenters. The van der Waals surface area contributed by atoms with Gasteiger partial charge in [-0.3, -0.25) is 4.79 Å². The van der Waals surface area contributed by atoms with Crippen LogP contribution in [0.2, 0.25) is 0 Å². The molecule has 0 aliphatic carbocycles. The number of rotatable bonds is 6. The average molecular weight is 367 g/mol. The zero-order valence-corrected chi connectivity index (χ0v) is 14.4. The van der Waals surface area contributed by atoms with Crippen molar-refractivity contribution in [2.75, 3.05) is 7.05 Å². The van der Waals surface area contributed by atoms with Gasteiger partial charge < -0.3 is 10.6 Å². The van der Waals surface area contributed by atoms with Crippen molar-refractivity contribution in [3.8, 4) is 0 Å². The second-order valence-electron chi connectivity index (χ2n) is 5.06. The molecule has 112 valence electrons. The van der Waals surface area contributed by atoms with E-state index in [9.17, 15) is 4.79 Å². The number of nitrogens with two attached hydrogens (primary N) is 1. The highest BCUT2D eigenvalue weighted by Gasteiger charge is 2.18. The van der Waals surface area contributed by atoms with E-state index in [2.05, 4.69) is 28.1 Å². The molecule has 1 heterocycles. The smallest absolute Gasteiger partial charge is 0.239 e. The number of benzene rings is 1. The van der Waals surface area contributed by atoms with Gasteiger partial charge in [-0.05, 0) is 40.4 Å². The third-order valence-electron chi connectivity index (χ3n) is 3.30. The Hall–Kier alpha value is -1.17. The van der Waals surface area contributed by atoms with E-state index in [0.29, 0.717) is 13.0 Å². The largest absolute Gasteiger partial charge is 0.339 e. The molecule has 0 saturated carbocycles. The molecule has 21 heavy (non-hydrogen) atoms. The maximum Gasteiger partial charge on any atom is 0.239 e. The lowest BCUT2D eigenvalue weighted by Crippen LogP contribution is -2.41. The molecule has 5 heteroatoms. The molecule has 0 spiro atoms. The van der Waals surface area contributed by atoms with Gasteiger partial charge in [0.15, 0.2) is 0 Å². The summed E-state index contributed by atoms with van der Waals surface area (Å²) in [4.78, 5) is 15.1. The van der Waals surface area contributed by atoms with Gasteiger partial charge in [-0.2, -0.15) is 0 Å². The lowest BCUT2D eigenvalue weighted by atomic mass is 10.1. The van der Waals surface area contributed by atoms with Gasteiger partial charge >= 0.3 is 0 Å². The Labute approximate surface area is 137 Å². The third-order valence-corrected chi connectivity index (χ3v) is 4.98. The van der Waals surface area contributed by atoms with Crippen molar-refractivity contribution in [1.29, 1.82) is 0 Å². The quantitative estimate of drug-likeness (QED) is 0.850. The van der Waals surface area contributed by atoms with Gasteiger partial charge in [-0.25, -0.2) is 0 Å². The van der Waals surface area contributed by atoms with E-state index in [1.165, 1.54) is 5.56 Å². The molecule has 0 saturated heterocycles. The minimum atomic E-state index is -0.446. The molecule has 0 radical (unpaired) electrons. The first-order chi connectivity index (χ1) is 10.1. The summed E-state index contributed by atoms with van der Waals surface area (Å²) in [6.45, 7) is 0.605. The molecule has 2 N–H and O–H groups in total. The molecule has 1 amide bonds. The summed E-state index contributed by atoms with van der Waals surface area (Å²) in [5.41, 5.74) is 7.24. The summed E-state index contributed by atoms with van der Waals surface area (Å²) in [7, 11) is 1.80. The Kier molecular flexibility index (Phi) is 5.96. The van der Waals surface area contributed by atoms with Gasteiger partial charge in [0.1, 0.15) is 0 Å². The highest BCUT2D eigenvalue weighted by atomic mass is 79.9. The van der Waals surface area contributed by atoms with Crippen molar-refractivity contribution >= 4 is 33.2 Å². The number of carbonyl (C=O) groups is 1. The van der Waals surface area contributed by atoms with E-state index < -0.39 is 6.04 Å². The van der Waals surface area contributed by atoms with Crippen LogP contribution >= 0.6 is 27.3 Å². The van der Waals surface area contributed by atoms with E-state index in [1.807, 2.05) is 29.6 Å². The summed E-state index contributed by atoms with van der Waals surface area (Å²) in [5, 5.41) is 2.02. The van der Waals surface area contributed by atoms with E-state index in [0.717, 1.165) is 15.8 Å². The van der Waals surface area contributed by atoms with Gasteiger partial charge in [0.05, 0.1) is 12.6 Å². The standard InChI is InChI=1S/C16H19BrN2OS/c1-19(10-14-9-13(17)11-21-14)16(20)15(18)8-7-12-5-3-2-4-6-12/h2-6,9,11,15H,7-8,10,18H2,1H3. The summed E-state index contributed by atoms with van der Waals surface area (Å²) in [6, 6.07) is 11.7. The lowest BCUT2D eigenvalue weighted by Gasteiger charge is -2.20. The molecular weight excluding hydrogens is 348 g/mol. The van der Waals surface area contributed by atoms with Crippen LogP contribution in [0.15, 0.2) is 46.3 Å². The van der Waals surface area contributed by atoms with Gasteiger partial charge in [0.2, 0.25) is 5.91 Å². The Bertz CT molecular complexity index is 585. The summed E-state index contributed by atoms with van der Waals surface area (Å²) in [6.07, 6.45) is 1.49. The van der Waals surface area contributed by atoms with Crippen LogP contribution in [0.1, 0.15) is 16.9 Å².